The highest BCUT2D eigenvalue weighted by molar-refractivity contribution is 6.30. The third-order valence-corrected chi connectivity index (χ3v) is 3.98. The van der Waals surface area contributed by atoms with Crippen molar-refractivity contribution < 1.29 is 19.1 Å². The number of amides is 1. The zero-order valence-corrected chi connectivity index (χ0v) is 14.9. The molecular weight excluding hydrogens is 342 g/mol. The van der Waals surface area contributed by atoms with Crippen molar-refractivity contribution in [3.63, 3.8) is 0 Å². The Morgan fingerprint density at radius 2 is 1.68 bits per heavy atom. The zero-order valence-electron chi connectivity index (χ0n) is 14.1. The van der Waals surface area contributed by atoms with E-state index in [1.54, 1.807) is 43.5 Å². The molecule has 1 N–H and O–H groups in total. The number of halogens is 1. The molecule has 1 amide bonds. The van der Waals surface area contributed by atoms with Gasteiger partial charge in [-0.3, -0.25) is 9.59 Å². The maximum absolute atomic E-state index is 12.4. The van der Waals surface area contributed by atoms with E-state index in [1.165, 1.54) is 7.11 Å². The Balaban J connectivity index is 2.07. The Bertz CT molecular complexity index is 713. The number of hydrogen-bond donors (Lipinski definition) is 1. The van der Waals surface area contributed by atoms with Gasteiger partial charge in [0.2, 0.25) is 5.91 Å². The van der Waals surface area contributed by atoms with Crippen molar-refractivity contribution in [3.05, 3.63) is 64.7 Å². The Morgan fingerprint density at radius 3 is 2.24 bits per heavy atom. The minimum Gasteiger partial charge on any atom is -0.497 e. The van der Waals surface area contributed by atoms with Gasteiger partial charge in [-0.25, -0.2) is 0 Å². The van der Waals surface area contributed by atoms with Gasteiger partial charge >= 0.3 is 5.97 Å². The first kappa shape index (κ1) is 18.8. The molecule has 25 heavy (non-hydrogen) atoms. The summed E-state index contributed by atoms with van der Waals surface area (Å²) in [7, 11) is 2.91. The molecule has 2 rings (SSSR count). The number of rotatable bonds is 7. The van der Waals surface area contributed by atoms with Crippen LogP contribution in [-0.2, 0) is 20.7 Å². The van der Waals surface area contributed by atoms with E-state index in [-0.39, 0.29) is 18.7 Å². The predicted molar refractivity (Wildman–Crippen MR) is 95.7 cm³/mol. The second kappa shape index (κ2) is 9.08. The lowest BCUT2D eigenvalue weighted by molar-refractivity contribution is -0.141. The average Bonchev–Trinajstić information content (AvgIpc) is 2.62. The summed E-state index contributed by atoms with van der Waals surface area (Å²) in [5, 5.41) is 3.47. The zero-order chi connectivity index (χ0) is 18.2. The molecule has 0 aromatic heterocycles. The SMILES string of the molecule is COC(=O)C[C@H](NC(=O)Cc1ccc(OC)cc1)c1ccc(Cl)cc1. The molecule has 0 aliphatic rings. The highest BCUT2D eigenvalue weighted by Gasteiger charge is 2.19. The molecule has 0 unspecified atom stereocenters. The summed E-state index contributed by atoms with van der Waals surface area (Å²) in [5.41, 5.74) is 1.64. The van der Waals surface area contributed by atoms with E-state index in [9.17, 15) is 9.59 Å². The number of esters is 1. The van der Waals surface area contributed by atoms with Gasteiger partial charge < -0.3 is 14.8 Å². The van der Waals surface area contributed by atoms with Gasteiger partial charge in [-0.1, -0.05) is 35.9 Å². The smallest absolute Gasteiger partial charge is 0.307 e. The number of nitrogens with one attached hydrogen (secondary N) is 1. The molecule has 1 atom stereocenters. The van der Waals surface area contributed by atoms with E-state index in [4.69, 9.17) is 21.1 Å². The van der Waals surface area contributed by atoms with Crippen LogP contribution >= 0.6 is 11.6 Å². The standard InChI is InChI=1S/C19H20ClNO4/c1-24-16-9-3-13(4-10-16)11-18(22)21-17(12-19(23)25-2)14-5-7-15(20)8-6-14/h3-10,17H,11-12H2,1-2H3,(H,21,22)/t17-/m0/s1. The van der Waals surface area contributed by atoms with Crippen LogP contribution in [0.15, 0.2) is 48.5 Å². The van der Waals surface area contributed by atoms with Gasteiger partial charge in [-0.2, -0.15) is 0 Å². The van der Waals surface area contributed by atoms with Crippen LogP contribution in [0.1, 0.15) is 23.6 Å². The largest absolute Gasteiger partial charge is 0.497 e. The quantitative estimate of drug-likeness (QED) is 0.768. The fourth-order valence-corrected chi connectivity index (χ4v) is 2.50. The van der Waals surface area contributed by atoms with Crippen LogP contribution in [0.2, 0.25) is 5.02 Å². The first-order chi connectivity index (χ1) is 12.0. The van der Waals surface area contributed by atoms with E-state index < -0.39 is 12.0 Å². The molecule has 0 bridgehead atoms. The number of benzene rings is 2. The fourth-order valence-electron chi connectivity index (χ4n) is 2.37. The second-order valence-corrected chi connectivity index (χ2v) is 5.91. The second-order valence-electron chi connectivity index (χ2n) is 5.48. The van der Waals surface area contributed by atoms with E-state index in [0.29, 0.717) is 5.02 Å². The summed E-state index contributed by atoms with van der Waals surface area (Å²) in [6.45, 7) is 0. The van der Waals surface area contributed by atoms with Crippen molar-refractivity contribution in [2.45, 2.75) is 18.9 Å². The minimum atomic E-state index is -0.476. The predicted octanol–water partition coefficient (Wildman–Crippen LogP) is 3.31. The van der Waals surface area contributed by atoms with Crippen LogP contribution in [0.5, 0.6) is 5.75 Å². The number of ether oxygens (including phenoxy) is 2. The lowest BCUT2D eigenvalue weighted by Gasteiger charge is -2.18. The summed E-state index contributed by atoms with van der Waals surface area (Å²) in [5.74, 6) is 0.146. The lowest BCUT2D eigenvalue weighted by Crippen LogP contribution is -2.31. The van der Waals surface area contributed by atoms with Crippen molar-refractivity contribution in [2.24, 2.45) is 0 Å². The number of methoxy groups -OCH3 is 2. The molecule has 132 valence electrons. The van der Waals surface area contributed by atoms with Gasteiger partial charge in [-0.15, -0.1) is 0 Å². The van der Waals surface area contributed by atoms with Crippen LogP contribution in [0, 0.1) is 0 Å². The van der Waals surface area contributed by atoms with Crippen molar-refractivity contribution in [2.75, 3.05) is 14.2 Å². The van der Waals surface area contributed by atoms with Gasteiger partial charge in [0, 0.05) is 5.02 Å². The fraction of sp³-hybridized carbons (Fsp3) is 0.263. The molecule has 2 aromatic rings. The van der Waals surface area contributed by atoms with Crippen molar-refractivity contribution in [3.8, 4) is 5.75 Å². The van der Waals surface area contributed by atoms with Crippen molar-refractivity contribution in [1.82, 2.24) is 5.32 Å². The maximum atomic E-state index is 12.4. The first-order valence-electron chi connectivity index (χ1n) is 7.76. The van der Waals surface area contributed by atoms with E-state index in [0.717, 1.165) is 16.9 Å². The van der Waals surface area contributed by atoms with Crippen LogP contribution in [-0.4, -0.2) is 26.1 Å². The summed E-state index contributed by atoms with van der Waals surface area (Å²) in [6, 6.07) is 13.8. The molecule has 0 spiro atoms. The normalized spacial score (nSPS) is 11.5. The topological polar surface area (TPSA) is 64.6 Å². The third kappa shape index (κ3) is 5.80. The summed E-state index contributed by atoms with van der Waals surface area (Å²) in [6.07, 6.45) is 0.252. The van der Waals surface area contributed by atoms with E-state index in [1.807, 2.05) is 12.1 Å². The van der Waals surface area contributed by atoms with Gasteiger partial charge in [0.25, 0.3) is 0 Å². The Kier molecular flexibility index (Phi) is 6.83. The lowest BCUT2D eigenvalue weighted by atomic mass is 10.0. The Morgan fingerprint density at radius 1 is 1.04 bits per heavy atom. The maximum Gasteiger partial charge on any atom is 0.307 e. The molecule has 0 saturated carbocycles. The highest BCUT2D eigenvalue weighted by Crippen LogP contribution is 2.20. The van der Waals surface area contributed by atoms with E-state index in [2.05, 4.69) is 5.32 Å². The van der Waals surface area contributed by atoms with Crippen LogP contribution in [0.3, 0.4) is 0 Å². The van der Waals surface area contributed by atoms with Crippen LogP contribution in [0.4, 0.5) is 0 Å². The Hall–Kier alpha value is -2.53. The third-order valence-electron chi connectivity index (χ3n) is 3.73. The van der Waals surface area contributed by atoms with Crippen molar-refractivity contribution >= 4 is 23.5 Å². The van der Waals surface area contributed by atoms with Crippen LogP contribution in [0.25, 0.3) is 0 Å². The van der Waals surface area contributed by atoms with Gasteiger partial charge in [0.1, 0.15) is 5.75 Å². The Labute approximate surface area is 151 Å². The molecule has 6 heteroatoms. The van der Waals surface area contributed by atoms with Gasteiger partial charge in [-0.05, 0) is 35.4 Å². The average molecular weight is 362 g/mol. The summed E-state index contributed by atoms with van der Waals surface area (Å²) < 4.78 is 9.82. The molecule has 2 aromatic carbocycles. The monoisotopic (exact) mass is 361 g/mol. The van der Waals surface area contributed by atoms with E-state index >= 15 is 0 Å². The molecule has 0 aliphatic heterocycles. The molecule has 0 radical (unpaired) electrons. The highest BCUT2D eigenvalue weighted by atomic mass is 35.5. The number of carbonyl (C=O) groups excluding carboxylic acids is 2. The molecule has 0 heterocycles. The number of carbonyl (C=O) groups is 2. The first-order valence-corrected chi connectivity index (χ1v) is 8.14. The molecule has 5 nitrogen and oxygen atoms in total. The van der Waals surface area contributed by atoms with Gasteiger partial charge in [0.15, 0.2) is 0 Å². The minimum absolute atomic E-state index is 0.0481. The molecule has 0 saturated heterocycles. The summed E-state index contributed by atoms with van der Waals surface area (Å²) >= 11 is 5.90. The number of hydrogen-bond acceptors (Lipinski definition) is 4. The van der Waals surface area contributed by atoms with Crippen LogP contribution < -0.4 is 10.1 Å². The molecule has 0 aliphatic carbocycles. The molecular formula is C19H20ClNO4. The summed E-state index contributed by atoms with van der Waals surface area (Å²) in [4.78, 5) is 24.0. The van der Waals surface area contributed by atoms with Crippen molar-refractivity contribution in [1.29, 1.82) is 0 Å². The van der Waals surface area contributed by atoms with Gasteiger partial charge in [0.05, 0.1) is 33.1 Å². The molecule has 0 fully saturated rings.